The topological polar surface area (TPSA) is 74.6 Å². The summed E-state index contributed by atoms with van der Waals surface area (Å²) in [4.78, 5) is 0.222. The first-order chi connectivity index (χ1) is 8.89. The maximum absolute atomic E-state index is 11.7. The summed E-state index contributed by atoms with van der Waals surface area (Å²) in [7, 11) is -4.92. The zero-order valence-electron chi connectivity index (χ0n) is 10.3. The van der Waals surface area contributed by atoms with E-state index < -0.39 is 17.0 Å². The van der Waals surface area contributed by atoms with Crippen LogP contribution in [0.15, 0.2) is 53.4 Å². The van der Waals surface area contributed by atoms with E-state index in [0.717, 1.165) is 6.26 Å². The molecule has 2 aromatic carbocycles. The average Bonchev–Trinajstić information content (AvgIpc) is 2.38. The molecule has 0 aliphatic rings. The summed E-state index contributed by atoms with van der Waals surface area (Å²) in [5.74, 6) is 0. The molecule has 0 spiro atoms. The molecule has 0 aromatic heterocycles. The molecule has 0 saturated heterocycles. The molecule has 4 nitrogen and oxygen atoms in total. The van der Waals surface area contributed by atoms with E-state index >= 15 is 0 Å². The Kier molecular flexibility index (Phi) is 3.75. The average molecular weight is 276 g/mol. The van der Waals surface area contributed by atoms with Crippen molar-refractivity contribution in [2.75, 3.05) is 6.26 Å². The van der Waals surface area contributed by atoms with Crippen molar-refractivity contribution in [1.29, 1.82) is 0 Å². The van der Waals surface area contributed by atoms with Gasteiger partial charge in [0.15, 0.2) is 9.84 Å². The van der Waals surface area contributed by atoms with Crippen LogP contribution in [0.2, 0.25) is 0 Å². The summed E-state index contributed by atoms with van der Waals surface area (Å²) in [6.45, 7) is 0. The van der Waals surface area contributed by atoms with Gasteiger partial charge in [-0.05, 0) is 17.1 Å². The minimum Gasteiger partial charge on any atom is -0.423 e. The molecule has 2 rings (SSSR count). The van der Waals surface area contributed by atoms with E-state index in [0.29, 0.717) is 16.6 Å². The quantitative estimate of drug-likeness (QED) is 0.798. The Hall–Kier alpha value is -1.63. The van der Waals surface area contributed by atoms with E-state index in [4.69, 9.17) is 10.0 Å². The van der Waals surface area contributed by atoms with Crippen LogP contribution in [0.5, 0.6) is 0 Å². The number of sulfone groups is 1. The Morgan fingerprint density at radius 3 is 2.32 bits per heavy atom. The molecule has 0 bridgehead atoms. The molecule has 0 aliphatic heterocycles. The second-order valence-corrected chi connectivity index (χ2v) is 6.25. The Labute approximate surface area is 112 Å². The van der Waals surface area contributed by atoms with E-state index in [9.17, 15) is 8.42 Å². The van der Waals surface area contributed by atoms with Gasteiger partial charge in [-0.15, -0.1) is 0 Å². The molecule has 98 valence electrons. The molecule has 0 heterocycles. The van der Waals surface area contributed by atoms with Crippen LogP contribution in [-0.4, -0.2) is 31.8 Å². The van der Waals surface area contributed by atoms with E-state index in [1.807, 2.05) is 0 Å². The summed E-state index contributed by atoms with van der Waals surface area (Å²) >= 11 is 0. The van der Waals surface area contributed by atoms with Gasteiger partial charge in [-0.3, -0.25) is 0 Å². The first kappa shape index (κ1) is 13.8. The molecule has 2 N–H and O–H groups in total. The van der Waals surface area contributed by atoms with Crippen molar-refractivity contribution in [3.05, 3.63) is 48.5 Å². The van der Waals surface area contributed by atoms with E-state index in [1.165, 1.54) is 6.07 Å². The molecule has 0 amide bonds. The lowest BCUT2D eigenvalue weighted by atomic mass is 9.79. The van der Waals surface area contributed by atoms with Gasteiger partial charge in [0.1, 0.15) is 0 Å². The van der Waals surface area contributed by atoms with Gasteiger partial charge in [0.05, 0.1) is 4.90 Å². The zero-order valence-corrected chi connectivity index (χ0v) is 11.1. The summed E-state index contributed by atoms with van der Waals surface area (Å²) in [6.07, 6.45) is 1.15. The van der Waals surface area contributed by atoms with Crippen LogP contribution in [0.3, 0.4) is 0 Å². The van der Waals surface area contributed by atoms with Crippen molar-refractivity contribution in [2.24, 2.45) is 0 Å². The Morgan fingerprint density at radius 2 is 1.68 bits per heavy atom. The predicted octanol–water partition coefficient (Wildman–Crippen LogP) is 0.437. The minimum atomic E-state index is -3.34. The largest absolute Gasteiger partial charge is 0.488 e. The van der Waals surface area contributed by atoms with Crippen molar-refractivity contribution in [3.8, 4) is 11.1 Å². The smallest absolute Gasteiger partial charge is 0.423 e. The lowest BCUT2D eigenvalue weighted by molar-refractivity contribution is 0.426. The van der Waals surface area contributed by atoms with Crippen molar-refractivity contribution < 1.29 is 18.5 Å². The lowest BCUT2D eigenvalue weighted by Crippen LogP contribution is -2.29. The van der Waals surface area contributed by atoms with E-state index in [-0.39, 0.29) is 4.90 Å². The fourth-order valence-corrected chi connectivity index (χ4v) is 2.81. The molecule has 2 aromatic rings. The van der Waals surface area contributed by atoms with Crippen LogP contribution in [-0.2, 0) is 9.84 Å². The van der Waals surface area contributed by atoms with Crippen molar-refractivity contribution >= 4 is 22.4 Å². The maximum atomic E-state index is 11.7. The summed E-state index contributed by atoms with van der Waals surface area (Å²) in [5.41, 5.74) is 1.50. The predicted molar refractivity (Wildman–Crippen MR) is 74.8 cm³/mol. The van der Waals surface area contributed by atoms with Crippen molar-refractivity contribution in [3.63, 3.8) is 0 Å². The van der Waals surface area contributed by atoms with Crippen LogP contribution in [0, 0.1) is 0 Å². The third-order valence-electron chi connectivity index (χ3n) is 2.78. The summed E-state index contributed by atoms with van der Waals surface area (Å²) in [6, 6.07) is 13.1. The van der Waals surface area contributed by atoms with E-state index in [1.54, 1.807) is 42.5 Å². The highest BCUT2D eigenvalue weighted by atomic mass is 32.2. The minimum absolute atomic E-state index is 0.222. The lowest BCUT2D eigenvalue weighted by Gasteiger charge is -2.09. The molecule has 0 atom stereocenters. The molecule has 0 radical (unpaired) electrons. The monoisotopic (exact) mass is 276 g/mol. The fourth-order valence-electron chi connectivity index (χ4n) is 1.90. The first-order valence-corrected chi connectivity index (χ1v) is 7.54. The molecular formula is C13H13BO4S. The highest BCUT2D eigenvalue weighted by Gasteiger charge is 2.16. The SMILES string of the molecule is CS(=O)(=O)c1ccccc1-c1cccc(B(O)O)c1. The Morgan fingerprint density at radius 1 is 1.00 bits per heavy atom. The Balaban J connectivity index is 2.63. The van der Waals surface area contributed by atoms with Crippen LogP contribution in [0.4, 0.5) is 0 Å². The number of hydrogen-bond acceptors (Lipinski definition) is 4. The van der Waals surface area contributed by atoms with E-state index in [2.05, 4.69) is 0 Å². The third kappa shape index (κ3) is 3.04. The van der Waals surface area contributed by atoms with Crippen molar-refractivity contribution in [1.82, 2.24) is 0 Å². The van der Waals surface area contributed by atoms with Gasteiger partial charge in [-0.25, -0.2) is 8.42 Å². The molecule has 0 aliphatic carbocycles. The number of rotatable bonds is 3. The maximum Gasteiger partial charge on any atom is 0.488 e. The summed E-state index contributed by atoms with van der Waals surface area (Å²) in [5, 5.41) is 18.3. The van der Waals surface area contributed by atoms with Gasteiger partial charge in [-0.1, -0.05) is 42.5 Å². The van der Waals surface area contributed by atoms with Crippen LogP contribution < -0.4 is 5.46 Å². The van der Waals surface area contributed by atoms with Gasteiger partial charge in [0.25, 0.3) is 0 Å². The standard InChI is InChI=1S/C13H13BO4S/c1-19(17,18)13-8-3-2-7-12(13)10-5-4-6-11(9-10)14(15)16/h2-9,15-16H,1H3. The normalized spacial score (nSPS) is 11.3. The fraction of sp³-hybridized carbons (Fsp3) is 0.0769. The molecule has 6 heteroatoms. The van der Waals surface area contributed by atoms with Crippen LogP contribution in [0.25, 0.3) is 11.1 Å². The second-order valence-electron chi connectivity index (χ2n) is 4.27. The summed E-state index contributed by atoms with van der Waals surface area (Å²) < 4.78 is 23.5. The Bertz CT molecular complexity index is 695. The van der Waals surface area contributed by atoms with Crippen LogP contribution >= 0.6 is 0 Å². The van der Waals surface area contributed by atoms with Crippen molar-refractivity contribution in [2.45, 2.75) is 4.90 Å². The number of hydrogen-bond donors (Lipinski definition) is 2. The molecule has 0 saturated carbocycles. The molecule has 0 unspecified atom stereocenters. The zero-order chi connectivity index (χ0) is 14.0. The second kappa shape index (κ2) is 5.17. The van der Waals surface area contributed by atoms with Gasteiger partial charge in [-0.2, -0.15) is 0 Å². The van der Waals surface area contributed by atoms with Gasteiger partial charge in [0.2, 0.25) is 0 Å². The first-order valence-electron chi connectivity index (χ1n) is 5.65. The van der Waals surface area contributed by atoms with Gasteiger partial charge >= 0.3 is 7.12 Å². The molecule has 0 fully saturated rings. The van der Waals surface area contributed by atoms with Gasteiger partial charge in [0, 0.05) is 11.8 Å². The third-order valence-corrected chi connectivity index (χ3v) is 3.94. The highest BCUT2D eigenvalue weighted by Crippen LogP contribution is 2.26. The molecule has 19 heavy (non-hydrogen) atoms. The molecular weight excluding hydrogens is 263 g/mol. The highest BCUT2D eigenvalue weighted by molar-refractivity contribution is 7.90. The number of benzene rings is 2. The van der Waals surface area contributed by atoms with Gasteiger partial charge < -0.3 is 10.0 Å². The van der Waals surface area contributed by atoms with Crippen LogP contribution in [0.1, 0.15) is 0 Å².